The molecule has 1 unspecified atom stereocenters. The van der Waals surface area contributed by atoms with Gasteiger partial charge >= 0.3 is 0 Å². The van der Waals surface area contributed by atoms with Crippen molar-refractivity contribution in [1.29, 1.82) is 0 Å². The van der Waals surface area contributed by atoms with Gasteiger partial charge in [-0.2, -0.15) is 0 Å². The van der Waals surface area contributed by atoms with Gasteiger partial charge in [0.2, 0.25) is 0 Å². The van der Waals surface area contributed by atoms with Gasteiger partial charge in [0.25, 0.3) is 0 Å². The summed E-state index contributed by atoms with van der Waals surface area (Å²) in [5.74, 6) is 2.26. The lowest BCUT2D eigenvalue weighted by Gasteiger charge is -2.24. The van der Waals surface area contributed by atoms with E-state index in [1.807, 2.05) is 47.7 Å². The first-order chi connectivity index (χ1) is 17.7. The number of nitrogens with one attached hydrogen (secondary N) is 1. The fourth-order valence-electron chi connectivity index (χ4n) is 5.36. The molecule has 0 spiro atoms. The summed E-state index contributed by atoms with van der Waals surface area (Å²) >= 11 is 8.39. The maximum atomic E-state index is 6.55. The van der Waals surface area contributed by atoms with Crippen LogP contribution >= 0.6 is 22.9 Å². The SMILES string of the molecule is Clc1cc(Nc2ncnc3sc4c(c23)CCC(CCN2CCCC2)C4)ccc1OCc1ccccn1. The molecule has 6 nitrogen and oxygen atoms in total. The second-order valence-corrected chi connectivity index (χ2v) is 11.2. The minimum Gasteiger partial charge on any atom is -0.486 e. The summed E-state index contributed by atoms with van der Waals surface area (Å²) in [6, 6.07) is 11.5. The molecule has 6 rings (SSSR count). The summed E-state index contributed by atoms with van der Waals surface area (Å²) in [5, 5.41) is 5.21. The fraction of sp³-hybridized carbons (Fsp3) is 0.393. The van der Waals surface area contributed by atoms with Gasteiger partial charge in [-0.05, 0) is 100.0 Å². The fourth-order valence-corrected chi connectivity index (χ4v) is 6.90. The summed E-state index contributed by atoms with van der Waals surface area (Å²) in [6.07, 6.45) is 11.0. The van der Waals surface area contributed by atoms with Crippen LogP contribution in [0, 0.1) is 5.92 Å². The third-order valence-electron chi connectivity index (χ3n) is 7.30. The molecule has 0 saturated carbocycles. The number of anilines is 2. The van der Waals surface area contributed by atoms with E-state index in [1.165, 1.54) is 61.1 Å². The minimum absolute atomic E-state index is 0.375. The van der Waals surface area contributed by atoms with Gasteiger partial charge in [-0.15, -0.1) is 11.3 Å². The summed E-state index contributed by atoms with van der Waals surface area (Å²) in [6.45, 7) is 4.19. The number of benzene rings is 1. The molecule has 1 atom stereocenters. The predicted molar refractivity (Wildman–Crippen MR) is 147 cm³/mol. The van der Waals surface area contributed by atoms with E-state index >= 15 is 0 Å². The van der Waals surface area contributed by atoms with E-state index in [1.54, 1.807) is 12.5 Å². The summed E-state index contributed by atoms with van der Waals surface area (Å²) in [7, 11) is 0. The number of pyridine rings is 1. The molecule has 3 aromatic heterocycles. The summed E-state index contributed by atoms with van der Waals surface area (Å²) < 4.78 is 5.87. The van der Waals surface area contributed by atoms with Crippen molar-refractivity contribution >= 4 is 44.7 Å². The molecule has 0 amide bonds. The number of fused-ring (bicyclic) bond motifs is 3. The Bertz CT molecular complexity index is 1340. The minimum atomic E-state index is 0.375. The lowest BCUT2D eigenvalue weighted by Crippen LogP contribution is -2.24. The van der Waals surface area contributed by atoms with Gasteiger partial charge < -0.3 is 15.0 Å². The Morgan fingerprint density at radius 3 is 2.86 bits per heavy atom. The quantitative estimate of drug-likeness (QED) is 0.281. The molecule has 1 saturated heterocycles. The van der Waals surface area contributed by atoms with E-state index in [4.69, 9.17) is 16.3 Å². The third kappa shape index (κ3) is 5.19. The zero-order valence-electron chi connectivity index (χ0n) is 20.3. The van der Waals surface area contributed by atoms with Crippen LogP contribution in [-0.2, 0) is 19.4 Å². The zero-order chi connectivity index (χ0) is 24.3. The number of thiophene rings is 1. The zero-order valence-corrected chi connectivity index (χ0v) is 21.8. The van der Waals surface area contributed by atoms with E-state index in [-0.39, 0.29) is 0 Å². The average molecular weight is 520 g/mol. The number of ether oxygens (including phenoxy) is 1. The smallest absolute Gasteiger partial charge is 0.142 e. The highest BCUT2D eigenvalue weighted by Crippen LogP contribution is 2.41. The Hall–Kier alpha value is -2.74. The molecule has 4 aromatic rings. The normalized spacial score (nSPS) is 17.9. The average Bonchev–Trinajstić information content (AvgIpc) is 3.55. The Labute approximate surface area is 220 Å². The van der Waals surface area contributed by atoms with Gasteiger partial charge in [-0.1, -0.05) is 17.7 Å². The van der Waals surface area contributed by atoms with E-state index < -0.39 is 0 Å². The van der Waals surface area contributed by atoms with Gasteiger partial charge in [-0.3, -0.25) is 4.98 Å². The molecule has 1 N–H and O–H groups in total. The first-order valence-corrected chi connectivity index (χ1v) is 14.0. The van der Waals surface area contributed by atoms with Crippen LogP contribution in [-0.4, -0.2) is 39.5 Å². The predicted octanol–water partition coefficient (Wildman–Crippen LogP) is 6.65. The van der Waals surface area contributed by atoms with Gasteiger partial charge in [0.1, 0.15) is 29.3 Å². The van der Waals surface area contributed by atoms with Crippen LogP contribution in [0.1, 0.15) is 41.8 Å². The molecule has 8 heteroatoms. The number of aryl methyl sites for hydroxylation is 1. The molecular weight excluding hydrogens is 490 g/mol. The standard InChI is InChI=1S/C28H30ClN5OS/c29-23-16-20(7-9-24(23)35-17-21-5-1-2-11-30-21)33-27-26-22-8-6-19(10-14-34-12-3-4-13-34)15-25(22)36-28(26)32-18-31-27/h1-2,5,7,9,11,16,18-19H,3-4,6,8,10,12-15,17H2,(H,31,32,33). The Morgan fingerprint density at radius 1 is 1.11 bits per heavy atom. The lowest BCUT2D eigenvalue weighted by atomic mass is 9.85. The Balaban J connectivity index is 1.16. The van der Waals surface area contributed by atoms with Crippen LogP contribution in [0.4, 0.5) is 11.5 Å². The molecule has 1 aliphatic heterocycles. The van der Waals surface area contributed by atoms with Crippen molar-refractivity contribution in [2.75, 3.05) is 25.0 Å². The number of halogens is 1. The monoisotopic (exact) mass is 519 g/mol. The number of aromatic nitrogens is 3. The maximum Gasteiger partial charge on any atom is 0.142 e. The van der Waals surface area contributed by atoms with Crippen molar-refractivity contribution in [3.8, 4) is 5.75 Å². The number of nitrogens with zero attached hydrogens (tertiary/aromatic N) is 4. The highest BCUT2D eigenvalue weighted by Gasteiger charge is 2.26. The topological polar surface area (TPSA) is 63.2 Å². The highest BCUT2D eigenvalue weighted by molar-refractivity contribution is 7.19. The third-order valence-corrected chi connectivity index (χ3v) is 8.75. The van der Waals surface area contributed by atoms with Crippen LogP contribution < -0.4 is 10.1 Å². The van der Waals surface area contributed by atoms with Gasteiger partial charge in [0.15, 0.2) is 0 Å². The molecule has 1 aliphatic carbocycles. The van der Waals surface area contributed by atoms with Crippen molar-refractivity contribution in [3.05, 3.63) is 70.1 Å². The first-order valence-electron chi connectivity index (χ1n) is 12.8. The molecule has 1 fully saturated rings. The van der Waals surface area contributed by atoms with Gasteiger partial charge in [0, 0.05) is 16.8 Å². The molecule has 186 valence electrons. The summed E-state index contributed by atoms with van der Waals surface area (Å²) in [4.78, 5) is 18.7. The highest BCUT2D eigenvalue weighted by atomic mass is 35.5. The van der Waals surface area contributed by atoms with Crippen molar-refractivity contribution in [2.45, 2.75) is 45.1 Å². The molecular formula is C28H30ClN5OS. The lowest BCUT2D eigenvalue weighted by molar-refractivity contribution is 0.291. The molecule has 2 aliphatic rings. The number of hydrogen-bond donors (Lipinski definition) is 1. The first kappa shape index (κ1) is 23.6. The molecule has 1 aromatic carbocycles. The van der Waals surface area contributed by atoms with Crippen LogP contribution in [0.15, 0.2) is 48.9 Å². The van der Waals surface area contributed by atoms with E-state index in [0.29, 0.717) is 17.4 Å². The summed E-state index contributed by atoms with van der Waals surface area (Å²) in [5.41, 5.74) is 3.17. The van der Waals surface area contributed by atoms with Crippen LogP contribution in [0.3, 0.4) is 0 Å². The van der Waals surface area contributed by atoms with E-state index in [9.17, 15) is 0 Å². The van der Waals surface area contributed by atoms with Crippen molar-refractivity contribution < 1.29 is 4.74 Å². The molecule has 0 bridgehead atoms. The largest absolute Gasteiger partial charge is 0.486 e. The molecule has 0 radical (unpaired) electrons. The maximum absolute atomic E-state index is 6.55. The van der Waals surface area contributed by atoms with Crippen LogP contribution in [0.25, 0.3) is 10.2 Å². The number of rotatable bonds is 8. The van der Waals surface area contributed by atoms with Gasteiger partial charge in [-0.25, -0.2) is 9.97 Å². The number of likely N-dealkylation sites (tertiary alicyclic amines) is 1. The van der Waals surface area contributed by atoms with Crippen LogP contribution in [0.5, 0.6) is 5.75 Å². The molecule has 36 heavy (non-hydrogen) atoms. The Morgan fingerprint density at radius 2 is 2.03 bits per heavy atom. The van der Waals surface area contributed by atoms with E-state index in [2.05, 4.69) is 25.2 Å². The van der Waals surface area contributed by atoms with Crippen molar-refractivity contribution in [1.82, 2.24) is 19.9 Å². The van der Waals surface area contributed by atoms with Gasteiger partial charge in [0.05, 0.1) is 16.1 Å². The second kappa shape index (κ2) is 10.7. The van der Waals surface area contributed by atoms with Crippen molar-refractivity contribution in [2.24, 2.45) is 5.92 Å². The van der Waals surface area contributed by atoms with E-state index in [0.717, 1.165) is 40.8 Å². The molecule has 4 heterocycles. The Kier molecular flexibility index (Phi) is 7.03. The van der Waals surface area contributed by atoms with Crippen molar-refractivity contribution in [3.63, 3.8) is 0 Å². The van der Waals surface area contributed by atoms with Crippen LogP contribution in [0.2, 0.25) is 5.02 Å². The number of hydrogen-bond acceptors (Lipinski definition) is 7. The second-order valence-electron chi connectivity index (χ2n) is 9.73.